The van der Waals surface area contributed by atoms with Crippen LogP contribution < -0.4 is 10.6 Å². The van der Waals surface area contributed by atoms with Crippen molar-refractivity contribution in [3.63, 3.8) is 0 Å². The summed E-state index contributed by atoms with van der Waals surface area (Å²) in [4.78, 5) is 85.3. The minimum atomic E-state index is -1.76. The first-order valence-electron chi connectivity index (χ1n) is 18.5. The van der Waals surface area contributed by atoms with Gasteiger partial charge in [0.25, 0.3) is 0 Å². The average Bonchev–Trinajstić information content (AvgIpc) is 3.58. The smallest absolute Gasteiger partial charge is 0.426 e. The molecular formula is C33H56BN7O11. The van der Waals surface area contributed by atoms with E-state index in [-0.39, 0.29) is 55.7 Å². The standard InChI is InChI=1S/C33H56BN7O11/c1-4-38(14-15-40-17-16-39-13-12-37(3)20-28(43)50-33(51-29(44)21-39)52-30(45)22-40)19-27(42)35-18-24-7-9-25(10-8-24)31(46)36-23(2)32(47)41-11-5-6-26(41)34(48)49/h23-26,33,48-49H,4-22H2,1-3H3,(H,35,42)(H,36,46)/t23-,24-,25-,26+,33?/m1/s1. The van der Waals surface area contributed by atoms with Gasteiger partial charge in [0.1, 0.15) is 6.04 Å². The molecule has 3 heterocycles. The molecule has 19 heteroatoms. The summed E-state index contributed by atoms with van der Waals surface area (Å²) in [6, 6.07) is -0.762. The zero-order valence-electron chi connectivity index (χ0n) is 30.7. The molecule has 292 valence electrons. The Balaban J connectivity index is 1.19. The average molecular weight is 738 g/mol. The van der Waals surface area contributed by atoms with Crippen LogP contribution in [0.1, 0.15) is 52.4 Å². The lowest BCUT2D eigenvalue weighted by Crippen LogP contribution is -2.53. The predicted octanol–water partition coefficient (Wildman–Crippen LogP) is -2.79. The number of nitrogens with one attached hydrogen (secondary N) is 2. The maximum Gasteiger partial charge on any atom is 0.475 e. The van der Waals surface area contributed by atoms with Crippen LogP contribution in [0.4, 0.5) is 0 Å². The lowest BCUT2D eigenvalue weighted by molar-refractivity contribution is -0.257. The second kappa shape index (κ2) is 20.2. The molecule has 4 atom stereocenters. The maximum atomic E-state index is 12.9. The number of esters is 3. The van der Waals surface area contributed by atoms with E-state index in [1.807, 2.05) is 21.6 Å². The zero-order chi connectivity index (χ0) is 37.8. The third-order valence-electron chi connectivity index (χ3n) is 10.3. The van der Waals surface area contributed by atoms with Gasteiger partial charge in [-0.15, -0.1) is 0 Å². The Bertz CT molecular complexity index is 1250. The van der Waals surface area contributed by atoms with Gasteiger partial charge in [0, 0.05) is 58.3 Å². The van der Waals surface area contributed by atoms with Crippen LogP contribution in [0.2, 0.25) is 0 Å². The van der Waals surface area contributed by atoms with Crippen LogP contribution in [0.25, 0.3) is 0 Å². The predicted molar refractivity (Wildman–Crippen MR) is 186 cm³/mol. The number of rotatable bonds is 12. The first-order chi connectivity index (χ1) is 24.8. The highest BCUT2D eigenvalue weighted by Crippen LogP contribution is 2.29. The van der Waals surface area contributed by atoms with E-state index in [0.717, 1.165) is 12.8 Å². The minimum absolute atomic E-state index is 0.0451. The first-order valence-corrected chi connectivity index (χ1v) is 18.5. The van der Waals surface area contributed by atoms with E-state index in [1.54, 1.807) is 18.9 Å². The van der Waals surface area contributed by atoms with Crippen LogP contribution in [0.15, 0.2) is 0 Å². The van der Waals surface area contributed by atoms with Crippen molar-refractivity contribution < 1.29 is 53.0 Å². The normalized spacial score (nSPS) is 27.5. The van der Waals surface area contributed by atoms with Crippen molar-refractivity contribution in [1.82, 2.24) is 35.1 Å². The third-order valence-corrected chi connectivity index (χ3v) is 10.3. The Morgan fingerprint density at radius 2 is 1.56 bits per heavy atom. The number of carbonyl (C=O) groups excluding carboxylic acids is 6. The third kappa shape index (κ3) is 12.9. The van der Waals surface area contributed by atoms with Gasteiger partial charge in [-0.3, -0.25) is 48.4 Å². The Kier molecular flexibility index (Phi) is 16.1. The molecule has 4 N–H and O–H groups in total. The number of likely N-dealkylation sites (N-methyl/N-ethyl adjacent to an activating group) is 2. The van der Waals surface area contributed by atoms with E-state index < -0.39 is 43.5 Å². The Morgan fingerprint density at radius 3 is 2.23 bits per heavy atom. The van der Waals surface area contributed by atoms with Gasteiger partial charge in [-0.2, -0.15) is 0 Å². The lowest BCUT2D eigenvalue weighted by Gasteiger charge is -2.31. The number of fused-ring (bicyclic) bond motifs is 4. The fourth-order valence-corrected chi connectivity index (χ4v) is 7.10. The molecule has 1 saturated carbocycles. The fraction of sp³-hybridized carbons (Fsp3) is 0.818. The molecule has 3 amide bonds. The van der Waals surface area contributed by atoms with Crippen molar-refractivity contribution in [2.45, 2.75) is 70.8 Å². The summed E-state index contributed by atoms with van der Waals surface area (Å²) in [6.45, 7) is 6.18. The molecule has 3 aliphatic heterocycles. The van der Waals surface area contributed by atoms with Crippen molar-refractivity contribution >= 4 is 42.7 Å². The van der Waals surface area contributed by atoms with Crippen molar-refractivity contribution in [3.8, 4) is 0 Å². The molecule has 3 saturated heterocycles. The highest BCUT2D eigenvalue weighted by atomic mass is 16.9. The highest BCUT2D eigenvalue weighted by Gasteiger charge is 2.39. The molecule has 1 aliphatic carbocycles. The number of likely N-dealkylation sites (tertiary alicyclic amines) is 1. The summed E-state index contributed by atoms with van der Waals surface area (Å²) in [5.41, 5.74) is 0. The van der Waals surface area contributed by atoms with E-state index in [1.165, 1.54) is 4.90 Å². The van der Waals surface area contributed by atoms with Gasteiger partial charge < -0.3 is 39.8 Å². The zero-order valence-corrected chi connectivity index (χ0v) is 30.7. The first kappa shape index (κ1) is 41.4. The van der Waals surface area contributed by atoms with Crippen molar-refractivity contribution in [2.75, 3.05) is 92.1 Å². The van der Waals surface area contributed by atoms with E-state index in [2.05, 4.69) is 10.6 Å². The summed E-state index contributed by atoms with van der Waals surface area (Å²) < 4.78 is 15.5. The fourth-order valence-electron chi connectivity index (χ4n) is 7.10. The van der Waals surface area contributed by atoms with Crippen LogP contribution in [-0.2, 0) is 43.0 Å². The van der Waals surface area contributed by atoms with Crippen molar-refractivity contribution in [3.05, 3.63) is 0 Å². The highest BCUT2D eigenvalue weighted by molar-refractivity contribution is 6.43. The lowest BCUT2D eigenvalue weighted by atomic mass is 9.77. The van der Waals surface area contributed by atoms with Crippen LogP contribution in [0, 0.1) is 11.8 Å². The summed E-state index contributed by atoms with van der Waals surface area (Å²) in [7, 11) is 0.150. The summed E-state index contributed by atoms with van der Waals surface area (Å²) in [6.07, 6.45) is 4.01. The Morgan fingerprint density at radius 1 is 0.904 bits per heavy atom. The molecule has 4 aliphatic rings. The van der Waals surface area contributed by atoms with Crippen LogP contribution in [0.5, 0.6) is 0 Å². The van der Waals surface area contributed by atoms with Gasteiger partial charge in [-0.05, 0) is 65.0 Å². The molecule has 2 bridgehead atoms. The number of hydrogen-bond donors (Lipinski definition) is 4. The Hall–Kier alpha value is -3.36. The quantitative estimate of drug-likeness (QED) is 0.118. The van der Waals surface area contributed by atoms with E-state index in [9.17, 15) is 38.8 Å². The molecule has 0 aromatic heterocycles. The second-order valence-corrected chi connectivity index (χ2v) is 14.3. The van der Waals surface area contributed by atoms with Crippen molar-refractivity contribution in [2.24, 2.45) is 11.8 Å². The molecule has 0 aromatic rings. The van der Waals surface area contributed by atoms with E-state index in [0.29, 0.717) is 84.6 Å². The number of carbonyl (C=O) groups is 6. The molecule has 4 rings (SSSR count). The monoisotopic (exact) mass is 737 g/mol. The van der Waals surface area contributed by atoms with Gasteiger partial charge in [0.2, 0.25) is 17.7 Å². The molecule has 0 aromatic carbocycles. The molecular weight excluding hydrogens is 681 g/mol. The van der Waals surface area contributed by atoms with Gasteiger partial charge in [-0.1, -0.05) is 6.92 Å². The number of hydrogen-bond acceptors (Lipinski definition) is 15. The van der Waals surface area contributed by atoms with Gasteiger partial charge in [0.15, 0.2) is 0 Å². The van der Waals surface area contributed by atoms with Gasteiger partial charge in [-0.25, -0.2) is 0 Å². The van der Waals surface area contributed by atoms with Crippen LogP contribution in [0.3, 0.4) is 0 Å². The molecule has 4 fully saturated rings. The molecule has 2 unspecified atom stereocenters. The summed E-state index contributed by atoms with van der Waals surface area (Å²) in [5, 5.41) is 25.0. The van der Waals surface area contributed by atoms with E-state index >= 15 is 0 Å². The molecule has 18 nitrogen and oxygen atoms in total. The van der Waals surface area contributed by atoms with Gasteiger partial charge >= 0.3 is 31.5 Å². The van der Waals surface area contributed by atoms with Crippen LogP contribution in [-0.4, -0.2) is 188 Å². The topological polar surface area (TPSA) is 211 Å². The van der Waals surface area contributed by atoms with Crippen LogP contribution >= 0.6 is 0 Å². The number of nitrogens with zero attached hydrogens (tertiary/aromatic N) is 5. The van der Waals surface area contributed by atoms with E-state index in [4.69, 9.17) is 14.2 Å². The number of amides is 3. The van der Waals surface area contributed by atoms with Crippen molar-refractivity contribution in [1.29, 1.82) is 0 Å². The minimum Gasteiger partial charge on any atom is -0.426 e. The van der Waals surface area contributed by atoms with Gasteiger partial charge in [0.05, 0.1) is 32.1 Å². The molecule has 0 spiro atoms. The largest absolute Gasteiger partial charge is 0.475 e. The molecule has 52 heavy (non-hydrogen) atoms. The summed E-state index contributed by atoms with van der Waals surface area (Å²) >= 11 is 0. The Labute approximate surface area is 305 Å². The summed E-state index contributed by atoms with van der Waals surface area (Å²) in [5.74, 6) is -3.33. The number of ether oxygens (including phenoxy) is 3. The SMILES string of the molecule is CCN(CCN1CCN2CCN(C)CC(=O)OC(OC(=O)C2)OC(=O)C1)CC(=O)NC[C@H]1CC[C@H](C(=O)N[C@H](C)C(=O)N2CCC[C@H]2B(O)O)CC1. The molecule has 0 radical (unpaired) electrons. The second-order valence-electron chi connectivity index (χ2n) is 14.3. The maximum absolute atomic E-state index is 12.9.